The van der Waals surface area contributed by atoms with Crippen molar-refractivity contribution < 1.29 is 132 Å². The minimum absolute atomic E-state index is 0.00762. The molecule has 49 heteroatoms. The summed E-state index contributed by atoms with van der Waals surface area (Å²) in [5.74, 6) is -16.5. The fourth-order valence-corrected chi connectivity index (χ4v) is 14.2. The number of hydrogen-bond acceptors (Lipinski definition) is 23. The van der Waals surface area contributed by atoms with Gasteiger partial charge in [-0.05, 0) is 134 Å². The van der Waals surface area contributed by atoms with Gasteiger partial charge in [0.25, 0.3) is 0 Å². The van der Waals surface area contributed by atoms with Gasteiger partial charge in [-0.2, -0.15) is 26.3 Å². The maximum Gasteiger partial charge on any atom is 0.471 e. The van der Waals surface area contributed by atoms with E-state index in [4.69, 9.17) is 5.53 Å². The molecule has 0 bridgehead atoms. The van der Waals surface area contributed by atoms with Crippen molar-refractivity contribution >= 4 is 129 Å². The minimum atomic E-state index is -5.32. The van der Waals surface area contributed by atoms with Crippen LogP contribution in [0.15, 0.2) is 5.11 Å². The highest BCUT2D eigenvalue weighted by atomic mass is 19.4. The number of carbonyl (C=O) groups is 22. The molecule has 0 aliphatic carbocycles. The first-order valence-electron chi connectivity index (χ1n) is 45.5. The lowest BCUT2D eigenvalue weighted by atomic mass is 9.70. The number of carbonyl (C=O) groups excluding carboxylic acids is 22. The molecule has 43 nitrogen and oxygen atoms in total. The summed E-state index contributed by atoms with van der Waals surface area (Å²) in [7, 11) is 0. The van der Waals surface area contributed by atoms with Crippen molar-refractivity contribution in [1.29, 1.82) is 0 Å². The van der Waals surface area contributed by atoms with Gasteiger partial charge in [0.15, 0.2) is 0 Å². The number of halogens is 6. The van der Waals surface area contributed by atoms with Crippen LogP contribution in [0.5, 0.6) is 0 Å². The van der Waals surface area contributed by atoms with Gasteiger partial charge < -0.3 is 105 Å². The smallest absolute Gasteiger partial charge is 0.356 e. The highest BCUT2D eigenvalue weighted by molar-refractivity contribution is 5.87. The second kappa shape index (κ2) is 68.9. The summed E-state index contributed by atoms with van der Waals surface area (Å²) in [5.41, 5.74) is 1.92. The standard InChI is InChI=1S/C86H141F6N21O22/c1-59(114)14-11-43-99-68(123)20-31-81(30-18-66(121)16-13-42-94-61(3)116,32-21-69(124)100-44-12-15-60(2)115)58-67(122)19-33-82(110-76(131)17-9-8-10-45-109-113-93,40-28-77(132)111-83(34-22-70(125)101-50-46-95-62(4)117,35-23-71(126)102-51-47-96-63(5)118)36-24-72(127)103-52-48-97-64(6)119)41-29-78(133)112-84(37-25-73(128)104-53-49-98-65(7)120,38-26-74(129)105-54-56-107-79(134)85(87,88)89)39-27-75(130)106-55-57-108-80(135)86(90,91)92/h8-58H2,1-7H3,(H,94,116)(H,95,117)(H,96,118)(H,97,119)(H,98,120)(H,99,123)(H,100,124)(H,101,125)(H,102,126)(H,103,127)(H,104,128)(H,105,129)(H,106,130)(H,107,134)(H,108,135)(H,110,131)(H,111,132)(H,112,133). The zero-order valence-corrected chi connectivity index (χ0v) is 78.7. The van der Waals surface area contributed by atoms with Crippen LogP contribution in [-0.2, 0) is 105 Å². The van der Waals surface area contributed by atoms with Crippen LogP contribution >= 0.6 is 0 Å². The van der Waals surface area contributed by atoms with E-state index in [0.29, 0.717) is 0 Å². The number of nitrogens with one attached hydrogen (secondary N) is 18. The number of hydrogen-bond donors (Lipinski definition) is 18. The highest BCUT2D eigenvalue weighted by Gasteiger charge is 2.43. The fraction of sp³-hybridized carbons (Fsp3) is 0.744. The molecule has 0 saturated heterocycles. The van der Waals surface area contributed by atoms with Crippen molar-refractivity contribution in [1.82, 2.24) is 95.7 Å². The molecule has 0 aromatic carbocycles. The summed E-state index contributed by atoms with van der Waals surface area (Å²) in [6.45, 7) is 5.83. The molecule has 135 heavy (non-hydrogen) atoms. The number of nitrogens with zero attached hydrogens (tertiary/aromatic N) is 3. The van der Waals surface area contributed by atoms with Crippen LogP contribution in [0.25, 0.3) is 10.4 Å². The van der Waals surface area contributed by atoms with Gasteiger partial charge in [0, 0.05) is 270 Å². The maximum absolute atomic E-state index is 15.7. The first-order valence-corrected chi connectivity index (χ1v) is 45.5. The predicted octanol–water partition coefficient (Wildman–Crippen LogP) is 1.78. The van der Waals surface area contributed by atoms with Crippen molar-refractivity contribution in [3.8, 4) is 0 Å². The number of rotatable bonds is 77. The fourth-order valence-electron chi connectivity index (χ4n) is 14.2. The Kier molecular flexibility index (Phi) is 62.8. The lowest BCUT2D eigenvalue weighted by molar-refractivity contribution is -0.173. The molecule has 0 fully saturated rings. The Morgan fingerprint density at radius 2 is 0.467 bits per heavy atom. The Morgan fingerprint density at radius 3 is 0.756 bits per heavy atom. The molecular weight excluding hydrogens is 1790 g/mol. The third kappa shape index (κ3) is 66.1. The largest absolute Gasteiger partial charge is 0.471 e. The molecule has 0 radical (unpaired) electrons. The molecule has 0 aromatic rings. The average Bonchev–Trinajstić information content (AvgIpc) is 0.822. The summed E-state index contributed by atoms with van der Waals surface area (Å²) >= 11 is 0. The van der Waals surface area contributed by atoms with E-state index in [9.17, 15) is 113 Å². The second-order valence-electron chi connectivity index (χ2n) is 33.4. The third-order valence-corrected chi connectivity index (χ3v) is 21.6. The number of Topliss-reactive ketones (excluding diaryl/α,β-unsaturated/α-hetero) is 4. The molecule has 18 amide bonds. The van der Waals surface area contributed by atoms with Gasteiger partial charge in [-0.3, -0.25) is 95.9 Å². The Hall–Kier alpha value is -12.0. The maximum atomic E-state index is 15.7. The molecule has 0 aliphatic rings. The lowest BCUT2D eigenvalue weighted by Crippen LogP contribution is -2.54. The Bertz CT molecular complexity index is 3580. The molecule has 1 unspecified atom stereocenters. The molecule has 0 aromatic heterocycles. The topological polar surface area (TPSA) is 641 Å². The molecule has 0 aliphatic heterocycles. The van der Waals surface area contributed by atoms with Gasteiger partial charge in [-0.1, -0.05) is 11.5 Å². The van der Waals surface area contributed by atoms with Gasteiger partial charge in [0.2, 0.25) is 94.5 Å². The van der Waals surface area contributed by atoms with Crippen LogP contribution in [0, 0.1) is 5.41 Å². The van der Waals surface area contributed by atoms with Crippen molar-refractivity contribution in [3.63, 3.8) is 0 Å². The molecule has 0 saturated carbocycles. The van der Waals surface area contributed by atoms with Gasteiger partial charge in [-0.15, -0.1) is 0 Å². The number of azide groups is 1. The van der Waals surface area contributed by atoms with E-state index in [0.717, 1.165) is 0 Å². The molecule has 0 heterocycles. The minimum Gasteiger partial charge on any atom is -0.356 e. The van der Waals surface area contributed by atoms with E-state index >= 15 is 19.2 Å². The van der Waals surface area contributed by atoms with E-state index in [1.807, 2.05) is 0 Å². The monoisotopic (exact) mass is 1930 g/mol. The van der Waals surface area contributed by atoms with Crippen LogP contribution in [0.4, 0.5) is 26.3 Å². The zero-order chi connectivity index (χ0) is 102. The Labute approximate surface area is 781 Å². The van der Waals surface area contributed by atoms with E-state index < -0.39 is 270 Å². The summed E-state index contributed by atoms with van der Waals surface area (Å²) in [6.07, 6.45) is -21.0. The number of alkyl halides is 6. The summed E-state index contributed by atoms with van der Waals surface area (Å²) < 4.78 is 79.1. The van der Waals surface area contributed by atoms with Crippen LogP contribution in [0.3, 0.4) is 0 Å². The summed E-state index contributed by atoms with van der Waals surface area (Å²) in [4.78, 5) is 295. The highest BCUT2D eigenvalue weighted by Crippen LogP contribution is 2.41. The third-order valence-electron chi connectivity index (χ3n) is 21.6. The Morgan fingerprint density at radius 1 is 0.237 bits per heavy atom. The first-order chi connectivity index (χ1) is 63.5. The molecule has 0 rings (SSSR count). The van der Waals surface area contributed by atoms with Crippen LogP contribution in [0.2, 0.25) is 0 Å². The summed E-state index contributed by atoms with van der Waals surface area (Å²) in [5, 5.41) is 48.9. The van der Waals surface area contributed by atoms with Crippen molar-refractivity contribution in [3.05, 3.63) is 10.4 Å². The van der Waals surface area contributed by atoms with E-state index in [1.165, 1.54) is 48.5 Å². The normalized spacial score (nSPS) is 11.7. The van der Waals surface area contributed by atoms with Crippen molar-refractivity contribution in [2.24, 2.45) is 10.5 Å². The van der Waals surface area contributed by atoms with Gasteiger partial charge in [0.05, 0.1) is 0 Å². The SMILES string of the molecule is CC(=O)CCCNC(=O)CCC(CCC(=O)CCCNC(C)=O)(CCC(=O)NCCCC(C)=O)CC(=O)CCC(CCC(=O)NC(CCC(=O)NCCNC(C)=O)(CCC(=O)NCCNC(C)=O)CCC(=O)NCCNC(C)=O)(CCC(=O)NC(CCC(=O)NCCNC(C)=O)(CCC(=O)NCCNC(=O)C(F)(F)F)CCC(=O)NCCNC(=O)C(F)(F)F)NC(=O)CCCCCN=[N+]=[N-]. The quantitative estimate of drug-likeness (QED) is 0.0136. The molecule has 0 spiro atoms. The predicted molar refractivity (Wildman–Crippen MR) is 478 cm³/mol. The van der Waals surface area contributed by atoms with Gasteiger partial charge in [0.1, 0.15) is 23.1 Å². The van der Waals surface area contributed by atoms with E-state index in [2.05, 4.69) is 95.1 Å². The van der Waals surface area contributed by atoms with Crippen LogP contribution in [0.1, 0.15) is 273 Å². The zero-order valence-electron chi connectivity index (χ0n) is 78.7. The molecular formula is C86H141F6N21O22. The number of ketones is 4. The molecule has 764 valence electrons. The summed E-state index contributed by atoms with van der Waals surface area (Å²) in [6, 6.07) is 0. The van der Waals surface area contributed by atoms with Crippen LogP contribution in [-0.4, -0.2) is 263 Å². The van der Waals surface area contributed by atoms with Crippen LogP contribution < -0.4 is 95.7 Å². The Balaban J connectivity index is 9.58. The van der Waals surface area contributed by atoms with Crippen molar-refractivity contribution in [2.45, 2.75) is 302 Å². The average molecular weight is 1940 g/mol. The van der Waals surface area contributed by atoms with E-state index in [-0.39, 0.29) is 224 Å². The van der Waals surface area contributed by atoms with Gasteiger partial charge >= 0.3 is 24.2 Å². The van der Waals surface area contributed by atoms with E-state index in [1.54, 1.807) is 10.6 Å². The number of unbranched alkanes of at least 4 members (excludes halogenated alkanes) is 2. The van der Waals surface area contributed by atoms with Gasteiger partial charge in [-0.25, -0.2) is 0 Å². The van der Waals surface area contributed by atoms with Crippen molar-refractivity contribution in [2.75, 3.05) is 105 Å². The molecule has 18 N–H and O–H groups in total. The number of amides is 18. The molecule has 1 atom stereocenters. The lowest BCUT2D eigenvalue weighted by Gasteiger charge is -2.39. The first kappa shape index (κ1) is 123. The second-order valence-corrected chi connectivity index (χ2v) is 33.4.